The van der Waals surface area contributed by atoms with Gasteiger partial charge in [-0.3, -0.25) is 0 Å². The van der Waals surface area contributed by atoms with Crippen LogP contribution >= 0.6 is 39.1 Å². The summed E-state index contributed by atoms with van der Waals surface area (Å²) in [5.74, 6) is -1.09. The van der Waals surface area contributed by atoms with Gasteiger partial charge in [-0.05, 0) is 36.4 Å². The molecule has 0 saturated carbocycles. The third kappa shape index (κ3) is 2.52. The van der Waals surface area contributed by atoms with Crippen molar-refractivity contribution in [1.29, 1.82) is 0 Å². The Kier molecular flexibility index (Phi) is 3.65. The van der Waals surface area contributed by atoms with Crippen molar-refractivity contribution in [2.75, 3.05) is 0 Å². The molecule has 0 spiro atoms. The first-order valence-electron chi connectivity index (χ1n) is 5.84. The van der Waals surface area contributed by atoms with Crippen LogP contribution < -0.4 is 0 Å². The molecule has 0 amide bonds. The number of nitrogens with zero attached hydrogens (tertiary/aromatic N) is 2. The number of carbonyl (C=O) groups is 1. The van der Waals surface area contributed by atoms with E-state index in [9.17, 15) is 9.90 Å². The molecule has 0 saturated heterocycles. The van der Waals surface area contributed by atoms with Crippen LogP contribution in [-0.2, 0) is 0 Å². The lowest BCUT2D eigenvalue weighted by molar-refractivity contribution is 0.0692. The molecule has 3 rings (SSSR count). The zero-order valence-corrected chi connectivity index (χ0v) is 13.4. The number of carboxylic acid groups (broad SMARTS) is 1. The fourth-order valence-electron chi connectivity index (χ4n) is 2.08. The van der Waals surface area contributed by atoms with Crippen LogP contribution in [0, 0.1) is 0 Å². The first-order chi connectivity index (χ1) is 9.97. The van der Waals surface area contributed by atoms with E-state index in [0.29, 0.717) is 26.6 Å². The molecule has 0 aliphatic heterocycles. The lowest BCUT2D eigenvalue weighted by Gasteiger charge is -2.06. The topological polar surface area (TPSA) is 55.1 Å². The highest BCUT2D eigenvalue weighted by Crippen LogP contribution is 2.30. The molecule has 106 valence electrons. The van der Waals surface area contributed by atoms with Crippen LogP contribution in [0.25, 0.3) is 16.6 Å². The van der Waals surface area contributed by atoms with Crippen LogP contribution in [0.3, 0.4) is 0 Å². The molecule has 1 aromatic heterocycles. The van der Waals surface area contributed by atoms with Crippen molar-refractivity contribution < 1.29 is 9.90 Å². The highest BCUT2D eigenvalue weighted by atomic mass is 79.9. The lowest BCUT2D eigenvalue weighted by atomic mass is 10.2. The summed E-state index contributed by atoms with van der Waals surface area (Å²) in [4.78, 5) is 11.3. The number of aromatic nitrogens is 2. The predicted molar refractivity (Wildman–Crippen MR) is 85.7 cm³/mol. The average Bonchev–Trinajstić information content (AvgIpc) is 2.77. The lowest BCUT2D eigenvalue weighted by Crippen LogP contribution is -2.01. The Labute approximate surface area is 138 Å². The van der Waals surface area contributed by atoms with Gasteiger partial charge >= 0.3 is 5.97 Å². The van der Waals surface area contributed by atoms with E-state index >= 15 is 0 Å². The fourth-order valence-corrected chi connectivity index (χ4v) is 2.92. The van der Waals surface area contributed by atoms with Crippen LogP contribution in [0.2, 0.25) is 10.0 Å². The van der Waals surface area contributed by atoms with Gasteiger partial charge in [0.25, 0.3) is 0 Å². The zero-order valence-electron chi connectivity index (χ0n) is 10.3. The maximum atomic E-state index is 11.3. The number of hydrogen-bond donors (Lipinski definition) is 1. The van der Waals surface area contributed by atoms with E-state index in [1.165, 1.54) is 4.68 Å². The molecule has 2 aromatic carbocycles. The monoisotopic (exact) mass is 384 g/mol. The first-order valence-corrected chi connectivity index (χ1v) is 7.39. The van der Waals surface area contributed by atoms with Gasteiger partial charge in [-0.15, -0.1) is 0 Å². The fraction of sp³-hybridized carbons (Fsp3) is 0. The molecule has 0 aliphatic carbocycles. The summed E-state index contributed by atoms with van der Waals surface area (Å²) in [6.07, 6.45) is 0. The second-order valence-corrected chi connectivity index (χ2v) is 6.08. The van der Waals surface area contributed by atoms with Crippen LogP contribution in [0.1, 0.15) is 10.5 Å². The van der Waals surface area contributed by atoms with E-state index in [4.69, 9.17) is 23.2 Å². The molecule has 0 atom stereocenters. The first kappa shape index (κ1) is 14.4. The van der Waals surface area contributed by atoms with Gasteiger partial charge in [0.1, 0.15) is 0 Å². The standard InChI is InChI=1S/C14H7BrCl2N2O2/c15-7-1-3-9-12(5-7)19(18-13(9)14(20)21)11-4-2-8(16)6-10(11)17/h1-6H,(H,20,21). The van der Waals surface area contributed by atoms with Gasteiger partial charge in [0.05, 0.1) is 16.2 Å². The minimum atomic E-state index is -1.09. The van der Waals surface area contributed by atoms with Gasteiger partial charge in [0, 0.05) is 14.9 Å². The quantitative estimate of drug-likeness (QED) is 0.689. The molecule has 0 unspecified atom stereocenters. The minimum Gasteiger partial charge on any atom is -0.476 e. The molecule has 3 aromatic rings. The predicted octanol–water partition coefficient (Wildman–Crippen LogP) is 4.79. The molecule has 0 aliphatic rings. The Morgan fingerprint density at radius 3 is 2.62 bits per heavy atom. The number of rotatable bonds is 2. The van der Waals surface area contributed by atoms with Gasteiger partial charge in [-0.1, -0.05) is 39.1 Å². The van der Waals surface area contributed by atoms with Crippen molar-refractivity contribution in [3.05, 3.63) is 56.6 Å². The highest BCUT2D eigenvalue weighted by Gasteiger charge is 2.18. The highest BCUT2D eigenvalue weighted by molar-refractivity contribution is 9.10. The van der Waals surface area contributed by atoms with E-state index in [0.717, 1.165) is 4.47 Å². The summed E-state index contributed by atoms with van der Waals surface area (Å²) in [6, 6.07) is 10.2. The van der Waals surface area contributed by atoms with Crippen molar-refractivity contribution in [3.8, 4) is 5.69 Å². The van der Waals surface area contributed by atoms with Crippen LogP contribution in [-0.4, -0.2) is 20.9 Å². The van der Waals surface area contributed by atoms with E-state index < -0.39 is 5.97 Å². The summed E-state index contributed by atoms with van der Waals surface area (Å²) in [7, 11) is 0. The second kappa shape index (κ2) is 5.33. The van der Waals surface area contributed by atoms with Crippen LogP contribution in [0.4, 0.5) is 0 Å². The molecule has 7 heteroatoms. The summed E-state index contributed by atoms with van der Waals surface area (Å²) in [5, 5.41) is 14.9. The molecule has 1 N–H and O–H groups in total. The van der Waals surface area contributed by atoms with Crippen molar-refractivity contribution >= 4 is 56.0 Å². The van der Waals surface area contributed by atoms with Crippen molar-refractivity contribution in [3.63, 3.8) is 0 Å². The van der Waals surface area contributed by atoms with E-state index in [1.807, 2.05) is 0 Å². The normalized spacial score (nSPS) is 11.0. The Hall–Kier alpha value is -1.56. The van der Waals surface area contributed by atoms with Gasteiger partial charge in [0.2, 0.25) is 0 Å². The number of fused-ring (bicyclic) bond motifs is 1. The van der Waals surface area contributed by atoms with Gasteiger partial charge < -0.3 is 5.11 Å². The molecular weight excluding hydrogens is 379 g/mol. The number of hydrogen-bond acceptors (Lipinski definition) is 2. The largest absolute Gasteiger partial charge is 0.476 e. The van der Waals surface area contributed by atoms with Crippen LogP contribution in [0.15, 0.2) is 40.9 Å². The number of halogens is 3. The Balaban J connectivity index is 2.36. The number of carboxylic acids is 1. The van der Waals surface area contributed by atoms with E-state index in [1.54, 1.807) is 36.4 Å². The smallest absolute Gasteiger partial charge is 0.357 e. The van der Waals surface area contributed by atoms with Crippen molar-refractivity contribution in [1.82, 2.24) is 9.78 Å². The zero-order chi connectivity index (χ0) is 15.1. The Morgan fingerprint density at radius 2 is 1.95 bits per heavy atom. The summed E-state index contributed by atoms with van der Waals surface area (Å²) >= 11 is 15.4. The SMILES string of the molecule is O=C(O)c1nn(-c2ccc(Cl)cc2Cl)c2cc(Br)ccc12. The van der Waals surface area contributed by atoms with Crippen molar-refractivity contribution in [2.45, 2.75) is 0 Å². The molecule has 1 heterocycles. The third-order valence-corrected chi connectivity index (χ3v) is 4.01. The molecule has 21 heavy (non-hydrogen) atoms. The number of benzene rings is 2. The average molecular weight is 386 g/mol. The molecular formula is C14H7BrCl2N2O2. The Bertz CT molecular complexity index is 877. The molecule has 0 fully saturated rings. The van der Waals surface area contributed by atoms with Crippen LogP contribution in [0.5, 0.6) is 0 Å². The summed E-state index contributed by atoms with van der Waals surface area (Å²) in [5.41, 5.74) is 1.19. The Morgan fingerprint density at radius 1 is 1.19 bits per heavy atom. The summed E-state index contributed by atoms with van der Waals surface area (Å²) < 4.78 is 2.32. The van der Waals surface area contributed by atoms with E-state index in [2.05, 4.69) is 21.0 Å². The maximum Gasteiger partial charge on any atom is 0.357 e. The molecule has 0 bridgehead atoms. The number of aromatic carboxylic acids is 1. The molecule has 4 nitrogen and oxygen atoms in total. The second-order valence-electron chi connectivity index (χ2n) is 4.32. The summed E-state index contributed by atoms with van der Waals surface area (Å²) in [6.45, 7) is 0. The van der Waals surface area contributed by atoms with Gasteiger partial charge in [-0.25, -0.2) is 9.48 Å². The van der Waals surface area contributed by atoms with Crippen molar-refractivity contribution in [2.24, 2.45) is 0 Å². The molecule has 0 radical (unpaired) electrons. The van der Waals surface area contributed by atoms with Gasteiger partial charge in [0.15, 0.2) is 5.69 Å². The van der Waals surface area contributed by atoms with E-state index in [-0.39, 0.29) is 5.69 Å². The minimum absolute atomic E-state index is 0.0245. The maximum absolute atomic E-state index is 11.3. The van der Waals surface area contributed by atoms with Gasteiger partial charge in [-0.2, -0.15) is 5.10 Å². The third-order valence-electron chi connectivity index (χ3n) is 2.98.